The van der Waals surface area contributed by atoms with E-state index in [9.17, 15) is 9.59 Å². The number of anilines is 1. The lowest BCUT2D eigenvalue weighted by molar-refractivity contribution is -0.130. The maximum Gasteiger partial charge on any atom is 0.238 e. The van der Waals surface area contributed by atoms with Crippen molar-refractivity contribution in [2.24, 2.45) is 0 Å². The Bertz CT molecular complexity index is 1010. The Morgan fingerprint density at radius 2 is 1.82 bits per heavy atom. The van der Waals surface area contributed by atoms with Crippen LogP contribution in [-0.2, 0) is 16.0 Å². The van der Waals surface area contributed by atoms with E-state index in [0.717, 1.165) is 28.7 Å². The van der Waals surface area contributed by atoms with Crippen molar-refractivity contribution in [2.75, 3.05) is 43.8 Å². The summed E-state index contributed by atoms with van der Waals surface area (Å²) >= 11 is 1.52. The molecular weight excluding hydrogens is 436 g/mol. The fourth-order valence-electron chi connectivity index (χ4n) is 4.40. The van der Waals surface area contributed by atoms with Gasteiger partial charge in [0.05, 0.1) is 12.3 Å². The summed E-state index contributed by atoms with van der Waals surface area (Å²) in [7, 11) is 0. The van der Waals surface area contributed by atoms with Crippen LogP contribution in [0, 0.1) is 0 Å². The minimum Gasteiger partial charge on any atom is -0.339 e. The second kappa shape index (κ2) is 9.85. The number of aryl methyl sites for hydroxylation is 1. The number of benzene rings is 1. The molecule has 0 spiro atoms. The van der Waals surface area contributed by atoms with Gasteiger partial charge in [0.1, 0.15) is 5.82 Å². The summed E-state index contributed by atoms with van der Waals surface area (Å²) in [6.07, 6.45) is 5.69. The summed E-state index contributed by atoms with van der Waals surface area (Å²) in [5.74, 6) is 2.23. The third-order valence-electron chi connectivity index (χ3n) is 6.63. The van der Waals surface area contributed by atoms with Gasteiger partial charge in [-0.05, 0) is 43.7 Å². The maximum absolute atomic E-state index is 12.8. The Labute approximate surface area is 199 Å². The first kappa shape index (κ1) is 22.4. The summed E-state index contributed by atoms with van der Waals surface area (Å²) < 4.78 is 2.29. The van der Waals surface area contributed by atoms with E-state index in [-0.39, 0.29) is 11.8 Å². The SMILES string of the molecule is CCc1ccccc1NC(=O)CN1CCN(C(=O)CSc2nnc(C3CC3)n2C2CC2)CC1. The van der Waals surface area contributed by atoms with E-state index in [1.165, 1.54) is 37.4 Å². The average molecular weight is 469 g/mol. The Hall–Kier alpha value is -2.39. The fourth-order valence-corrected chi connectivity index (χ4v) is 5.31. The van der Waals surface area contributed by atoms with Crippen molar-refractivity contribution < 1.29 is 9.59 Å². The van der Waals surface area contributed by atoms with Crippen LogP contribution in [0.2, 0.25) is 0 Å². The lowest BCUT2D eigenvalue weighted by Gasteiger charge is -2.34. The number of aromatic nitrogens is 3. The summed E-state index contributed by atoms with van der Waals surface area (Å²) in [4.78, 5) is 29.4. The number of thioether (sulfide) groups is 1. The van der Waals surface area contributed by atoms with E-state index >= 15 is 0 Å². The molecule has 1 aromatic carbocycles. The highest BCUT2D eigenvalue weighted by Gasteiger charge is 2.36. The van der Waals surface area contributed by atoms with Crippen LogP contribution in [0.15, 0.2) is 29.4 Å². The van der Waals surface area contributed by atoms with Crippen LogP contribution in [0.25, 0.3) is 0 Å². The minimum atomic E-state index is -0.00267. The summed E-state index contributed by atoms with van der Waals surface area (Å²) in [6.45, 7) is 5.17. The van der Waals surface area contributed by atoms with Gasteiger partial charge in [0, 0.05) is 43.8 Å². The molecule has 8 nitrogen and oxygen atoms in total. The third kappa shape index (κ3) is 5.41. The Morgan fingerprint density at radius 1 is 1.06 bits per heavy atom. The zero-order valence-electron chi connectivity index (χ0n) is 19.2. The van der Waals surface area contributed by atoms with Gasteiger partial charge in [-0.1, -0.05) is 36.9 Å². The van der Waals surface area contributed by atoms with Gasteiger partial charge in [-0.2, -0.15) is 0 Å². The van der Waals surface area contributed by atoms with E-state index < -0.39 is 0 Å². The normalized spacial score (nSPS) is 19.0. The first-order valence-electron chi connectivity index (χ1n) is 12.1. The highest BCUT2D eigenvalue weighted by atomic mass is 32.2. The number of carbonyl (C=O) groups is 2. The Balaban J connectivity index is 1.07. The molecule has 5 rings (SSSR count). The zero-order valence-corrected chi connectivity index (χ0v) is 20.0. The number of carbonyl (C=O) groups excluding carboxylic acids is 2. The number of hydrogen-bond acceptors (Lipinski definition) is 6. The molecule has 1 saturated heterocycles. The van der Waals surface area contributed by atoms with Crippen LogP contribution in [0.3, 0.4) is 0 Å². The van der Waals surface area contributed by atoms with Crippen molar-refractivity contribution in [3.63, 3.8) is 0 Å². The molecule has 0 atom stereocenters. The molecule has 0 unspecified atom stereocenters. The number of nitrogens with zero attached hydrogens (tertiary/aromatic N) is 5. The smallest absolute Gasteiger partial charge is 0.238 e. The van der Waals surface area contributed by atoms with Crippen molar-refractivity contribution in [1.29, 1.82) is 0 Å². The number of hydrogen-bond donors (Lipinski definition) is 1. The molecular formula is C24H32N6O2S. The minimum absolute atomic E-state index is 0.00267. The molecule has 0 radical (unpaired) electrons. The monoisotopic (exact) mass is 468 g/mol. The van der Waals surface area contributed by atoms with E-state index in [4.69, 9.17) is 0 Å². The van der Waals surface area contributed by atoms with E-state index in [2.05, 4.69) is 31.9 Å². The molecule has 9 heteroatoms. The number of para-hydroxylation sites is 1. The first-order valence-corrected chi connectivity index (χ1v) is 13.1. The number of amides is 2. The van der Waals surface area contributed by atoms with Crippen molar-refractivity contribution >= 4 is 29.3 Å². The van der Waals surface area contributed by atoms with Gasteiger partial charge < -0.3 is 14.8 Å². The van der Waals surface area contributed by atoms with Crippen molar-refractivity contribution in [2.45, 2.75) is 56.1 Å². The topological polar surface area (TPSA) is 83.4 Å². The molecule has 3 aliphatic rings. The van der Waals surface area contributed by atoms with Crippen LogP contribution in [-0.4, -0.2) is 74.9 Å². The molecule has 2 heterocycles. The van der Waals surface area contributed by atoms with Gasteiger partial charge in [-0.25, -0.2) is 0 Å². The molecule has 1 N–H and O–H groups in total. The standard InChI is InChI=1S/C24H32N6O2S/c1-2-17-5-3-4-6-20(17)25-21(31)15-28-11-13-29(14-12-28)22(32)16-33-24-27-26-23(18-7-8-18)30(24)19-9-10-19/h3-6,18-19H,2,7-16H2,1H3,(H,25,31). The molecule has 0 bridgehead atoms. The maximum atomic E-state index is 12.8. The summed E-state index contributed by atoms with van der Waals surface area (Å²) in [5, 5.41) is 12.8. The Kier molecular flexibility index (Phi) is 6.69. The second-order valence-electron chi connectivity index (χ2n) is 9.22. The van der Waals surface area contributed by atoms with Crippen LogP contribution in [0.4, 0.5) is 5.69 Å². The van der Waals surface area contributed by atoms with Crippen molar-refractivity contribution in [3.8, 4) is 0 Å². The molecule has 2 amide bonds. The molecule has 2 saturated carbocycles. The van der Waals surface area contributed by atoms with Gasteiger partial charge in [-0.15, -0.1) is 10.2 Å². The largest absolute Gasteiger partial charge is 0.339 e. The fraction of sp³-hybridized carbons (Fsp3) is 0.583. The third-order valence-corrected chi connectivity index (χ3v) is 7.56. The molecule has 176 valence electrons. The Morgan fingerprint density at radius 3 is 2.52 bits per heavy atom. The van der Waals surface area contributed by atoms with Crippen LogP contribution in [0.5, 0.6) is 0 Å². The highest BCUT2D eigenvalue weighted by Crippen LogP contribution is 2.46. The average Bonchev–Trinajstić information content (AvgIpc) is 3.77. The van der Waals surface area contributed by atoms with Crippen LogP contribution < -0.4 is 5.32 Å². The van der Waals surface area contributed by atoms with Gasteiger partial charge in [0.25, 0.3) is 0 Å². The summed E-state index contributed by atoms with van der Waals surface area (Å²) in [6, 6.07) is 8.45. The molecule has 1 aromatic heterocycles. The van der Waals surface area contributed by atoms with Crippen LogP contribution in [0.1, 0.15) is 56.0 Å². The quantitative estimate of drug-likeness (QED) is 0.570. The number of nitrogens with one attached hydrogen (secondary N) is 1. The van der Waals surface area contributed by atoms with E-state index in [1.807, 2.05) is 29.2 Å². The molecule has 3 fully saturated rings. The van der Waals surface area contributed by atoms with Gasteiger partial charge >= 0.3 is 0 Å². The zero-order chi connectivity index (χ0) is 22.8. The molecule has 1 aliphatic heterocycles. The van der Waals surface area contributed by atoms with Crippen LogP contribution >= 0.6 is 11.8 Å². The first-order chi connectivity index (χ1) is 16.1. The lowest BCUT2D eigenvalue weighted by Crippen LogP contribution is -2.50. The van der Waals surface area contributed by atoms with Gasteiger partial charge in [0.2, 0.25) is 11.8 Å². The van der Waals surface area contributed by atoms with Crippen molar-refractivity contribution in [3.05, 3.63) is 35.7 Å². The predicted molar refractivity (Wildman–Crippen MR) is 128 cm³/mol. The predicted octanol–water partition coefficient (Wildman–Crippen LogP) is 2.93. The van der Waals surface area contributed by atoms with Gasteiger partial charge in [0.15, 0.2) is 5.16 Å². The highest BCUT2D eigenvalue weighted by molar-refractivity contribution is 7.99. The molecule has 2 aliphatic carbocycles. The van der Waals surface area contributed by atoms with E-state index in [0.29, 0.717) is 50.4 Å². The lowest BCUT2D eigenvalue weighted by atomic mass is 10.1. The second-order valence-corrected chi connectivity index (χ2v) is 10.2. The molecule has 2 aromatic rings. The van der Waals surface area contributed by atoms with Crippen molar-refractivity contribution in [1.82, 2.24) is 24.6 Å². The van der Waals surface area contributed by atoms with Gasteiger partial charge in [-0.3, -0.25) is 14.5 Å². The van der Waals surface area contributed by atoms with E-state index in [1.54, 1.807) is 0 Å². The number of rotatable bonds is 9. The summed E-state index contributed by atoms with van der Waals surface area (Å²) in [5.41, 5.74) is 2.03. The number of piperazine rings is 1. The molecule has 33 heavy (non-hydrogen) atoms.